The lowest BCUT2D eigenvalue weighted by molar-refractivity contribution is -0.137. The summed E-state index contributed by atoms with van der Waals surface area (Å²) in [5.74, 6) is 1.59. The van der Waals surface area contributed by atoms with E-state index < -0.39 is 0 Å². The molecule has 0 aromatic heterocycles. The molecule has 0 spiro atoms. The summed E-state index contributed by atoms with van der Waals surface area (Å²) >= 11 is 0. The lowest BCUT2D eigenvalue weighted by Gasteiger charge is -2.36. The fourth-order valence-corrected chi connectivity index (χ4v) is 3.80. The Bertz CT molecular complexity index is 450. The molecule has 1 aliphatic carbocycles. The maximum absolute atomic E-state index is 12.5. The van der Waals surface area contributed by atoms with Gasteiger partial charge in [0.2, 0.25) is 5.91 Å². The van der Waals surface area contributed by atoms with E-state index in [0.29, 0.717) is 11.8 Å². The smallest absolute Gasteiger partial charge is 0.225 e. The molecule has 0 aromatic rings. The normalized spacial score (nSPS) is 18.8. The van der Waals surface area contributed by atoms with E-state index in [4.69, 9.17) is 4.74 Å². The molecule has 8 heteroatoms. The number of aliphatic imine (C=N–C) groups is 1. The Labute approximate surface area is 188 Å². The number of rotatable bonds is 10. The third kappa shape index (κ3) is 9.26. The minimum absolute atomic E-state index is 0. The van der Waals surface area contributed by atoms with Crippen molar-refractivity contribution in [3.8, 4) is 0 Å². The molecule has 1 heterocycles. The molecular formula is C20H40IN5O2. The third-order valence-corrected chi connectivity index (χ3v) is 5.37. The molecule has 1 saturated heterocycles. The molecule has 1 saturated carbocycles. The molecule has 2 aliphatic rings. The molecule has 0 aromatic carbocycles. The topological polar surface area (TPSA) is 69.2 Å². The van der Waals surface area contributed by atoms with E-state index in [2.05, 4.69) is 32.3 Å². The molecule has 0 atom stereocenters. The summed E-state index contributed by atoms with van der Waals surface area (Å²) < 4.78 is 5.35. The van der Waals surface area contributed by atoms with Gasteiger partial charge >= 0.3 is 0 Å². The molecule has 7 nitrogen and oxygen atoms in total. The summed E-state index contributed by atoms with van der Waals surface area (Å²) in [7, 11) is 0. The van der Waals surface area contributed by atoms with Gasteiger partial charge in [-0.05, 0) is 33.1 Å². The van der Waals surface area contributed by atoms with E-state index in [9.17, 15) is 4.79 Å². The zero-order chi connectivity index (χ0) is 19.3. The first-order valence-corrected chi connectivity index (χ1v) is 10.9. The fourth-order valence-electron chi connectivity index (χ4n) is 3.80. The van der Waals surface area contributed by atoms with Crippen LogP contribution in [0, 0.1) is 5.92 Å². The second-order valence-electron chi connectivity index (χ2n) is 7.39. The number of nitrogens with one attached hydrogen (secondary N) is 2. The van der Waals surface area contributed by atoms with Crippen LogP contribution in [-0.2, 0) is 9.53 Å². The van der Waals surface area contributed by atoms with Crippen molar-refractivity contribution in [2.24, 2.45) is 10.9 Å². The van der Waals surface area contributed by atoms with Crippen LogP contribution in [0.2, 0.25) is 0 Å². The van der Waals surface area contributed by atoms with Crippen LogP contribution in [0.25, 0.3) is 0 Å². The van der Waals surface area contributed by atoms with E-state index in [1.807, 2.05) is 6.92 Å². The van der Waals surface area contributed by atoms with Crippen molar-refractivity contribution < 1.29 is 9.53 Å². The first kappa shape index (κ1) is 25.4. The summed E-state index contributed by atoms with van der Waals surface area (Å²) in [6, 6.07) is 0. The van der Waals surface area contributed by atoms with Gasteiger partial charge in [0.25, 0.3) is 0 Å². The van der Waals surface area contributed by atoms with Gasteiger partial charge in [0.05, 0.1) is 0 Å². The number of guanidine groups is 1. The summed E-state index contributed by atoms with van der Waals surface area (Å²) in [5, 5.41) is 6.70. The number of halogens is 1. The summed E-state index contributed by atoms with van der Waals surface area (Å²) in [6.45, 7) is 12.8. The van der Waals surface area contributed by atoms with Gasteiger partial charge in [-0.15, -0.1) is 24.0 Å². The number of amides is 1. The Morgan fingerprint density at radius 2 is 1.82 bits per heavy atom. The zero-order valence-electron chi connectivity index (χ0n) is 17.8. The highest BCUT2D eigenvalue weighted by molar-refractivity contribution is 14.0. The molecule has 2 N–H and O–H groups in total. The minimum atomic E-state index is 0. The number of hydrogen-bond donors (Lipinski definition) is 2. The predicted molar refractivity (Wildman–Crippen MR) is 125 cm³/mol. The van der Waals surface area contributed by atoms with Crippen molar-refractivity contribution in [3.05, 3.63) is 0 Å². The second kappa shape index (κ2) is 15.3. The van der Waals surface area contributed by atoms with E-state index in [0.717, 1.165) is 90.8 Å². The number of carbonyl (C=O) groups excluding carboxylic acids is 1. The lowest BCUT2D eigenvalue weighted by Crippen LogP contribution is -2.51. The number of nitrogens with zero attached hydrogens (tertiary/aromatic N) is 3. The van der Waals surface area contributed by atoms with Crippen molar-refractivity contribution >= 4 is 35.8 Å². The van der Waals surface area contributed by atoms with Crippen molar-refractivity contribution in [1.82, 2.24) is 20.4 Å². The van der Waals surface area contributed by atoms with Crippen molar-refractivity contribution in [2.45, 2.75) is 46.0 Å². The van der Waals surface area contributed by atoms with Gasteiger partial charge in [-0.2, -0.15) is 0 Å². The van der Waals surface area contributed by atoms with Gasteiger partial charge in [-0.1, -0.05) is 12.8 Å². The van der Waals surface area contributed by atoms with Gasteiger partial charge in [-0.25, -0.2) is 0 Å². The quantitative estimate of drug-likeness (QED) is 0.204. The highest BCUT2D eigenvalue weighted by Gasteiger charge is 2.29. The molecule has 0 radical (unpaired) electrons. The Morgan fingerprint density at radius 1 is 1.11 bits per heavy atom. The van der Waals surface area contributed by atoms with Crippen LogP contribution < -0.4 is 10.6 Å². The Balaban J connectivity index is 0.00000392. The van der Waals surface area contributed by atoms with Crippen LogP contribution in [0.3, 0.4) is 0 Å². The van der Waals surface area contributed by atoms with Gasteiger partial charge in [0.1, 0.15) is 0 Å². The van der Waals surface area contributed by atoms with Gasteiger partial charge < -0.3 is 20.3 Å². The highest BCUT2D eigenvalue weighted by atomic mass is 127. The first-order chi connectivity index (χ1) is 13.2. The number of ether oxygens (including phenoxy) is 1. The number of carbonyl (C=O) groups is 1. The SMILES string of the molecule is CCNC(=NCCCOCC)NCCN1CCN(C(=O)C2CCCC2)CC1.I. The molecule has 0 bridgehead atoms. The van der Waals surface area contributed by atoms with Crippen LogP contribution in [-0.4, -0.2) is 87.2 Å². The predicted octanol–water partition coefficient (Wildman–Crippen LogP) is 1.92. The zero-order valence-corrected chi connectivity index (χ0v) is 20.1. The van der Waals surface area contributed by atoms with Crippen LogP contribution in [0.5, 0.6) is 0 Å². The monoisotopic (exact) mass is 509 g/mol. The van der Waals surface area contributed by atoms with E-state index in [-0.39, 0.29) is 24.0 Å². The van der Waals surface area contributed by atoms with Crippen molar-refractivity contribution in [1.29, 1.82) is 0 Å². The van der Waals surface area contributed by atoms with Gasteiger partial charge in [-0.3, -0.25) is 14.7 Å². The fraction of sp³-hybridized carbons (Fsp3) is 0.900. The van der Waals surface area contributed by atoms with Gasteiger partial charge in [0.15, 0.2) is 5.96 Å². The maximum atomic E-state index is 12.5. The second-order valence-corrected chi connectivity index (χ2v) is 7.39. The molecule has 2 fully saturated rings. The standard InChI is InChI=1S/C20H39N5O2.HI/c1-3-21-20(22-10-7-17-27-4-2)23-11-12-24-13-15-25(16-14-24)19(26)18-8-5-6-9-18;/h18H,3-17H2,1-2H3,(H2,21,22,23);1H. The largest absolute Gasteiger partial charge is 0.382 e. The molecular weight excluding hydrogens is 469 g/mol. The first-order valence-electron chi connectivity index (χ1n) is 10.9. The van der Waals surface area contributed by atoms with Crippen LogP contribution in [0.4, 0.5) is 0 Å². The molecule has 1 amide bonds. The van der Waals surface area contributed by atoms with Crippen LogP contribution in [0.15, 0.2) is 4.99 Å². The van der Waals surface area contributed by atoms with E-state index >= 15 is 0 Å². The Kier molecular flexibility index (Phi) is 13.9. The van der Waals surface area contributed by atoms with E-state index in [1.165, 1.54) is 12.8 Å². The lowest BCUT2D eigenvalue weighted by atomic mass is 10.1. The van der Waals surface area contributed by atoms with Crippen LogP contribution >= 0.6 is 24.0 Å². The maximum Gasteiger partial charge on any atom is 0.225 e. The molecule has 1 aliphatic heterocycles. The average Bonchev–Trinajstić information content (AvgIpc) is 3.22. The minimum Gasteiger partial charge on any atom is -0.382 e. The molecule has 2 rings (SSSR count). The Hall–Kier alpha value is -0.610. The average molecular weight is 509 g/mol. The highest BCUT2D eigenvalue weighted by Crippen LogP contribution is 2.26. The van der Waals surface area contributed by atoms with Gasteiger partial charge in [0, 0.05) is 71.5 Å². The number of piperazine rings is 1. The summed E-state index contributed by atoms with van der Waals surface area (Å²) in [5.41, 5.74) is 0. The Morgan fingerprint density at radius 3 is 2.46 bits per heavy atom. The third-order valence-electron chi connectivity index (χ3n) is 5.37. The molecule has 28 heavy (non-hydrogen) atoms. The molecule has 164 valence electrons. The van der Waals surface area contributed by atoms with Crippen molar-refractivity contribution in [3.63, 3.8) is 0 Å². The number of hydrogen-bond acceptors (Lipinski definition) is 4. The summed E-state index contributed by atoms with van der Waals surface area (Å²) in [4.78, 5) is 21.6. The van der Waals surface area contributed by atoms with Crippen LogP contribution in [0.1, 0.15) is 46.0 Å². The van der Waals surface area contributed by atoms with Crippen molar-refractivity contribution in [2.75, 3.05) is 65.6 Å². The molecule has 0 unspecified atom stereocenters. The summed E-state index contributed by atoms with van der Waals surface area (Å²) in [6.07, 6.45) is 5.59. The van der Waals surface area contributed by atoms with E-state index in [1.54, 1.807) is 0 Å².